The first-order valence-electron chi connectivity index (χ1n) is 4.84. The van der Waals surface area contributed by atoms with Crippen LogP contribution in [0.3, 0.4) is 0 Å². The number of nitrogens with zero attached hydrogens (tertiary/aromatic N) is 1. The minimum absolute atomic E-state index is 0.146. The summed E-state index contributed by atoms with van der Waals surface area (Å²) in [4.78, 5) is 25.1. The second kappa shape index (κ2) is 5.48. The molecule has 8 heteroatoms. The molecule has 0 aliphatic heterocycles. The molecule has 1 heterocycles. The molecule has 0 spiro atoms. The Hall–Kier alpha value is -2.12. The Bertz CT molecular complexity index is 443. The predicted octanol–water partition coefficient (Wildman–Crippen LogP) is 2.06. The third kappa shape index (κ3) is 4.81. The zero-order valence-electron chi connectivity index (χ0n) is 8.99. The smallest absolute Gasteiger partial charge is 0.389 e. The first-order chi connectivity index (χ1) is 8.28. The predicted molar refractivity (Wildman–Crippen MR) is 55.1 cm³/mol. The maximum Gasteiger partial charge on any atom is 0.389 e. The fraction of sp³-hybridized carbons (Fsp3) is 0.300. The van der Waals surface area contributed by atoms with Crippen LogP contribution >= 0.6 is 0 Å². The summed E-state index contributed by atoms with van der Waals surface area (Å²) >= 11 is 0. The number of rotatable bonds is 4. The average Bonchev–Trinajstić information content (AvgIpc) is 2.26. The molecule has 0 aromatic carbocycles. The molecule has 0 bridgehead atoms. The molecule has 98 valence electrons. The number of aromatic nitrogens is 1. The highest BCUT2D eigenvalue weighted by Gasteiger charge is 2.27. The highest BCUT2D eigenvalue weighted by Crippen LogP contribution is 2.21. The van der Waals surface area contributed by atoms with Gasteiger partial charge >= 0.3 is 12.1 Å². The van der Waals surface area contributed by atoms with Gasteiger partial charge in [-0.2, -0.15) is 13.2 Å². The molecule has 0 saturated heterocycles. The van der Waals surface area contributed by atoms with Gasteiger partial charge in [-0.15, -0.1) is 0 Å². The lowest BCUT2D eigenvalue weighted by Crippen LogP contribution is -2.16. The Kier molecular flexibility index (Phi) is 4.24. The molecule has 1 aromatic rings. The number of hydrogen-bond acceptors (Lipinski definition) is 3. The summed E-state index contributed by atoms with van der Waals surface area (Å²) in [7, 11) is 0. The maximum atomic E-state index is 11.8. The molecule has 5 nitrogen and oxygen atoms in total. The SMILES string of the molecule is O=C(CCC(F)(F)F)Nc1ccc(C(=O)O)nc1. The number of pyridine rings is 1. The summed E-state index contributed by atoms with van der Waals surface area (Å²) in [5, 5.41) is 10.7. The Labute approximate surface area is 99.6 Å². The van der Waals surface area contributed by atoms with Crippen LogP contribution in [0.5, 0.6) is 0 Å². The zero-order valence-corrected chi connectivity index (χ0v) is 8.99. The number of carbonyl (C=O) groups is 2. The number of amides is 1. The number of hydrogen-bond donors (Lipinski definition) is 2. The van der Waals surface area contributed by atoms with Crippen LogP contribution in [0.4, 0.5) is 18.9 Å². The average molecular weight is 262 g/mol. The van der Waals surface area contributed by atoms with Crippen LogP contribution in [0.25, 0.3) is 0 Å². The molecular weight excluding hydrogens is 253 g/mol. The van der Waals surface area contributed by atoms with E-state index in [9.17, 15) is 22.8 Å². The Balaban J connectivity index is 2.52. The zero-order chi connectivity index (χ0) is 13.8. The summed E-state index contributed by atoms with van der Waals surface area (Å²) in [6.07, 6.45) is -5.22. The topological polar surface area (TPSA) is 79.3 Å². The van der Waals surface area contributed by atoms with E-state index in [-0.39, 0.29) is 11.4 Å². The van der Waals surface area contributed by atoms with E-state index in [2.05, 4.69) is 10.3 Å². The van der Waals surface area contributed by atoms with Gasteiger partial charge < -0.3 is 10.4 Å². The first kappa shape index (κ1) is 13.9. The molecule has 0 unspecified atom stereocenters. The number of carboxylic acid groups (broad SMARTS) is 1. The molecule has 1 rings (SSSR count). The lowest BCUT2D eigenvalue weighted by atomic mass is 10.2. The molecular formula is C10H9F3N2O3. The van der Waals surface area contributed by atoms with Crippen LogP contribution < -0.4 is 5.32 Å². The summed E-state index contributed by atoms with van der Waals surface area (Å²) in [6, 6.07) is 2.39. The molecule has 1 aromatic heterocycles. The number of alkyl halides is 3. The molecule has 0 aliphatic rings. The number of carbonyl (C=O) groups excluding carboxylic acids is 1. The van der Waals surface area contributed by atoms with Gasteiger partial charge in [0.25, 0.3) is 0 Å². The van der Waals surface area contributed by atoms with Gasteiger partial charge in [0.2, 0.25) is 5.91 Å². The van der Waals surface area contributed by atoms with Gasteiger partial charge in [0.05, 0.1) is 18.3 Å². The fourth-order valence-electron chi connectivity index (χ4n) is 1.07. The third-order valence-corrected chi connectivity index (χ3v) is 1.90. The minimum Gasteiger partial charge on any atom is -0.477 e. The standard InChI is InChI=1S/C10H9F3N2O3/c11-10(12,13)4-3-8(16)15-6-1-2-7(9(17)18)14-5-6/h1-2,5H,3-4H2,(H,15,16)(H,17,18). The Morgan fingerprint density at radius 3 is 2.44 bits per heavy atom. The first-order valence-corrected chi connectivity index (χ1v) is 4.84. The summed E-state index contributed by atoms with van der Waals surface area (Å²) in [5.74, 6) is -2.04. The van der Waals surface area contributed by atoms with Gasteiger partial charge in [-0.1, -0.05) is 0 Å². The number of carboxylic acids is 1. The van der Waals surface area contributed by atoms with Crippen LogP contribution in [0.1, 0.15) is 23.3 Å². The second-order valence-corrected chi connectivity index (χ2v) is 3.40. The monoisotopic (exact) mass is 262 g/mol. The largest absolute Gasteiger partial charge is 0.477 e. The van der Waals surface area contributed by atoms with Gasteiger partial charge in [-0.3, -0.25) is 4.79 Å². The van der Waals surface area contributed by atoms with Gasteiger partial charge in [0, 0.05) is 6.42 Å². The quantitative estimate of drug-likeness (QED) is 0.870. The molecule has 0 fully saturated rings. The summed E-state index contributed by atoms with van der Waals surface area (Å²) in [6.45, 7) is 0. The van der Waals surface area contributed by atoms with Gasteiger partial charge in [-0.25, -0.2) is 9.78 Å². The van der Waals surface area contributed by atoms with Crippen molar-refractivity contribution in [2.45, 2.75) is 19.0 Å². The lowest BCUT2D eigenvalue weighted by Gasteiger charge is -2.07. The van der Waals surface area contributed by atoms with Crippen molar-refractivity contribution in [2.24, 2.45) is 0 Å². The molecule has 0 saturated carbocycles. The van der Waals surface area contributed by atoms with E-state index < -0.39 is 30.9 Å². The summed E-state index contributed by atoms with van der Waals surface area (Å²) < 4.78 is 35.5. The van der Waals surface area contributed by atoms with Crippen molar-refractivity contribution in [2.75, 3.05) is 5.32 Å². The minimum atomic E-state index is -4.39. The van der Waals surface area contributed by atoms with Crippen molar-refractivity contribution in [3.8, 4) is 0 Å². The highest BCUT2D eigenvalue weighted by molar-refractivity contribution is 5.91. The van der Waals surface area contributed by atoms with E-state index in [0.29, 0.717) is 0 Å². The van der Waals surface area contributed by atoms with Crippen LogP contribution in [0.2, 0.25) is 0 Å². The normalized spacial score (nSPS) is 11.1. The van der Waals surface area contributed by atoms with Crippen molar-refractivity contribution >= 4 is 17.6 Å². The number of nitrogens with one attached hydrogen (secondary N) is 1. The van der Waals surface area contributed by atoms with Crippen molar-refractivity contribution in [3.05, 3.63) is 24.0 Å². The Morgan fingerprint density at radius 1 is 1.33 bits per heavy atom. The van der Waals surface area contributed by atoms with Crippen LogP contribution in [-0.4, -0.2) is 28.1 Å². The van der Waals surface area contributed by atoms with E-state index in [1.807, 2.05) is 0 Å². The lowest BCUT2D eigenvalue weighted by molar-refractivity contribution is -0.142. The maximum absolute atomic E-state index is 11.8. The van der Waals surface area contributed by atoms with Crippen molar-refractivity contribution < 1.29 is 27.9 Å². The van der Waals surface area contributed by atoms with Crippen molar-refractivity contribution in [1.29, 1.82) is 0 Å². The molecule has 0 atom stereocenters. The molecule has 0 radical (unpaired) electrons. The van der Waals surface area contributed by atoms with Crippen LogP contribution in [0, 0.1) is 0 Å². The molecule has 2 N–H and O–H groups in total. The second-order valence-electron chi connectivity index (χ2n) is 3.40. The number of halogens is 3. The number of anilines is 1. The third-order valence-electron chi connectivity index (χ3n) is 1.90. The Morgan fingerprint density at radius 2 is 2.00 bits per heavy atom. The molecule has 1 amide bonds. The molecule has 18 heavy (non-hydrogen) atoms. The van der Waals surface area contributed by atoms with Crippen molar-refractivity contribution in [3.63, 3.8) is 0 Å². The van der Waals surface area contributed by atoms with Gasteiger partial charge in [0.1, 0.15) is 5.69 Å². The van der Waals surface area contributed by atoms with Crippen LogP contribution in [-0.2, 0) is 4.79 Å². The van der Waals surface area contributed by atoms with E-state index in [0.717, 1.165) is 12.3 Å². The van der Waals surface area contributed by atoms with E-state index in [1.165, 1.54) is 6.07 Å². The van der Waals surface area contributed by atoms with Gasteiger partial charge in [-0.05, 0) is 12.1 Å². The summed E-state index contributed by atoms with van der Waals surface area (Å²) in [5.41, 5.74) is -0.0736. The van der Waals surface area contributed by atoms with Crippen molar-refractivity contribution in [1.82, 2.24) is 4.98 Å². The van der Waals surface area contributed by atoms with Gasteiger partial charge in [0.15, 0.2) is 0 Å². The highest BCUT2D eigenvalue weighted by atomic mass is 19.4. The molecule has 0 aliphatic carbocycles. The van der Waals surface area contributed by atoms with E-state index >= 15 is 0 Å². The number of aromatic carboxylic acids is 1. The fourth-order valence-corrected chi connectivity index (χ4v) is 1.07. The van der Waals surface area contributed by atoms with E-state index in [4.69, 9.17) is 5.11 Å². The van der Waals surface area contributed by atoms with Crippen LogP contribution in [0.15, 0.2) is 18.3 Å². The van der Waals surface area contributed by atoms with E-state index in [1.54, 1.807) is 0 Å².